The average Bonchev–Trinajstić information content (AvgIpc) is 1.17. The molecule has 4 N–H and O–H groups in total. The lowest BCUT2D eigenvalue weighted by atomic mass is 10.1. The number of hydroxylamine groups is 2. The van der Waals surface area contributed by atoms with Gasteiger partial charge in [0.1, 0.15) is 22.4 Å². The second-order valence-electron chi connectivity index (χ2n) is 34.6. The van der Waals surface area contributed by atoms with Crippen LogP contribution in [0.5, 0.6) is 0 Å². The summed E-state index contributed by atoms with van der Waals surface area (Å²) in [6, 6.07) is 20.7. The minimum Gasteiger partial charge on any atom is -0.480 e. The zero-order chi connectivity index (χ0) is 90.9. The Labute approximate surface area is 719 Å². The number of carboxylic acids is 3. The maximum Gasteiger partial charge on any atom is 0.363 e. The first-order valence-corrected chi connectivity index (χ1v) is 41.5. The van der Waals surface area contributed by atoms with Crippen molar-refractivity contribution in [2.75, 3.05) is 177 Å². The molecule has 0 spiro atoms. The molecule has 36 heteroatoms. The zero-order valence-corrected chi connectivity index (χ0v) is 73.4. The Morgan fingerprint density at radius 2 is 0.593 bits per heavy atom. The fourth-order valence-electron chi connectivity index (χ4n) is 13.3. The predicted molar refractivity (Wildman–Crippen MR) is 450 cm³/mol. The summed E-state index contributed by atoms with van der Waals surface area (Å²) in [6.07, 6.45) is 5.89. The summed E-state index contributed by atoms with van der Waals surface area (Å²) in [6.45, 7) is 38.2. The molecule has 0 unspecified atom stereocenters. The van der Waals surface area contributed by atoms with Crippen LogP contribution in [0, 0.1) is 0 Å². The number of rotatable bonds is 27. The minimum atomic E-state index is -0.949. The highest BCUT2D eigenvalue weighted by Crippen LogP contribution is 2.20. The number of imide groups is 3. The van der Waals surface area contributed by atoms with Gasteiger partial charge in [0.05, 0.1) is 50.4 Å². The molecule has 3 aromatic carbocycles. The highest BCUT2D eigenvalue weighted by Gasteiger charge is 2.35. The monoisotopic (exact) mass is 1720 g/mol. The van der Waals surface area contributed by atoms with Crippen LogP contribution >= 0.6 is 0 Å². The number of aromatic carboxylic acids is 1. The summed E-state index contributed by atoms with van der Waals surface area (Å²) in [7, 11) is 0. The molecule has 6 aliphatic rings. The molecule has 0 radical (unpaired) electrons. The van der Waals surface area contributed by atoms with Crippen molar-refractivity contribution in [3.63, 3.8) is 0 Å². The molecular formula is C87H125N13O23. The van der Waals surface area contributed by atoms with Crippen LogP contribution in [0.1, 0.15) is 157 Å². The van der Waals surface area contributed by atoms with Crippen molar-refractivity contribution in [3.8, 4) is 0 Å². The summed E-state index contributed by atoms with van der Waals surface area (Å²) in [5, 5.41) is 30.7. The van der Waals surface area contributed by atoms with Gasteiger partial charge in [0.2, 0.25) is 0 Å². The molecule has 676 valence electrons. The van der Waals surface area contributed by atoms with Gasteiger partial charge in [0.25, 0.3) is 41.4 Å². The fraction of sp³-hybridized carbons (Fsp3) is 0.575. The molecule has 0 aliphatic carbocycles. The highest BCUT2D eigenvalue weighted by atomic mass is 16.7. The van der Waals surface area contributed by atoms with Gasteiger partial charge in [-0.2, -0.15) is 0 Å². The third-order valence-corrected chi connectivity index (χ3v) is 19.3. The van der Waals surface area contributed by atoms with Crippen LogP contribution in [0.15, 0.2) is 97.1 Å². The van der Waals surface area contributed by atoms with Gasteiger partial charge < -0.3 is 44.4 Å². The van der Waals surface area contributed by atoms with E-state index in [9.17, 15) is 82.1 Å². The molecule has 0 atom stereocenters. The number of amides is 7. The second kappa shape index (κ2) is 48.5. The Morgan fingerprint density at radius 3 is 0.854 bits per heavy atom. The van der Waals surface area contributed by atoms with Crippen LogP contribution < -0.4 is 5.32 Å². The van der Waals surface area contributed by atoms with Crippen molar-refractivity contribution in [2.24, 2.45) is 0 Å². The van der Waals surface area contributed by atoms with E-state index in [-0.39, 0.29) is 118 Å². The normalized spacial score (nSPS) is 17.8. The van der Waals surface area contributed by atoms with Crippen molar-refractivity contribution in [3.05, 3.63) is 130 Å². The van der Waals surface area contributed by atoms with Crippen molar-refractivity contribution in [1.29, 1.82) is 0 Å². The van der Waals surface area contributed by atoms with Gasteiger partial charge >= 0.3 is 47.8 Å². The number of carbonyl (C=O) groups excluding carboxylic acids is 12. The van der Waals surface area contributed by atoms with E-state index in [2.05, 4.69) is 29.8 Å². The standard InChI is InChI=1S/C30H44N4O8.C26H41N3O6.C24H31N5O7.C7H9NO2/c1-29(2,3)40-26(37)20-32-15-13-31(14-16-33(18-17-32)21-27(38)41-30(4,5)6)19-22-7-9-23(10-8-22)28(39)42-34-24(35)11-12-25(34)36;1-25(2,3)34-22(30)18-28-13-11-27(17-20-7-9-21(10-8-20)24(32)33)12-14-29(16-15-28)19-23(31)35-26(4,5)6;30-20-5-6-21(31)29(20)8-7-25-24(36)19-3-1-18(2-4-19)15-26-9-11-27(16-22(32)33)13-14-28(12-10-26)17-23(34)35;1-2-5-8-6(9)3-4-7(8)10/h7-10H,11-21H2,1-6H3;7-10H,11-19H2,1-6H3,(H,32,33);1-6H,7-17H2,(H,25,36)(H,32,33)(H,34,35);3-4H,2,5H2,1H3. The lowest BCUT2D eigenvalue weighted by Gasteiger charge is -2.27. The molecule has 123 heavy (non-hydrogen) atoms. The van der Waals surface area contributed by atoms with Crippen molar-refractivity contribution < 1.29 is 111 Å². The van der Waals surface area contributed by atoms with Gasteiger partial charge in [-0.15, -0.1) is 5.06 Å². The Balaban J connectivity index is 0.000000270. The van der Waals surface area contributed by atoms with Gasteiger partial charge in [-0.25, -0.2) is 9.59 Å². The molecule has 0 bridgehead atoms. The largest absolute Gasteiger partial charge is 0.480 e. The number of ether oxygens (including phenoxy) is 4. The van der Waals surface area contributed by atoms with Crippen LogP contribution in [0.4, 0.5) is 0 Å². The van der Waals surface area contributed by atoms with E-state index in [0.29, 0.717) is 142 Å². The third-order valence-electron chi connectivity index (χ3n) is 19.3. The molecule has 4 saturated heterocycles. The number of benzene rings is 3. The summed E-state index contributed by atoms with van der Waals surface area (Å²) < 4.78 is 22.1. The first-order chi connectivity index (χ1) is 57.7. The molecule has 7 amide bonds. The van der Waals surface area contributed by atoms with E-state index in [0.717, 1.165) is 41.1 Å². The summed E-state index contributed by atoms with van der Waals surface area (Å²) in [5.74, 6) is -7.24. The molecule has 0 saturated carbocycles. The number of hydrogen-bond acceptors (Lipinski definition) is 29. The third kappa shape index (κ3) is 39.2. The molecule has 9 rings (SSSR count). The first-order valence-electron chi connectivity index (χ1n) is 41.5. The molecular weight excluding hydrogens is 1600 g/mol. The van der Waals surface area contributed by atoms with Gasteiger partial charge in [-0.3, -0.25) is 116 Å². The molecule has 4 fully saturated rings. The van der Waals surface area contributed by atoms with Crippen molar-refractivity contribution in [2.45, 2.75) is 151 Å². The van der Waals surface area contributed by atoms with Crippen LogP contribution in [-0.2, 0) is 101 Å². The van der Waals surface area contributed by atoms with Crippen LogP contribution in [-0.4, -0.2) is 362 Å². The van der Waals surface area contributed by atoms with Gasteiger partial charge in [0.15, 0.2) is 0 Å². The van der Waals surface area contributed by atoms with E-state index in [1.807, 2.05) is 134 Å². The van der Waals surface area contributed by atoms with Gasteiger partial charge in [0, 0.05) is 200 Å². The van der Waals surface area contributed by atoms with E-state index < -0.39 is 69.9 Å². The van der Waals surface area contributed by atoms with E-state index in [1.54, 1.807) is 48.5 Å². The minimum absolute atomic E-state index is 0.0330. The fourth-order valence-corrected chi connectivity index (χ4v) is 13.3. The first kappa shape index (κ1) is 101. The van der Waals surface area contributed by atoms with Crippen LogP contribution in [0.3, 0.4) is 0 Å². The molecule has 6 heterocycles. The van der Waals surface area contributed by atoms with E-state index >= 15 is 0 Å². The van der Waals surface area contributed by atoms with Crippen LogP contribution in [0.25, 0.3) is 0 Å². The maximum atomic E-state index is 12.6. The summed E-state index contributed by atoms with van der Waals surface area (Å²) >= 11 is 0. The number of hydrogen-bond donors (Lipinski definition) is 4. The van der Waals surface area contributed by atoms with E-state index in [1.165, 1.54) is 29.2 Å². The number of nitrogens with zero attached hydrogens (tertiary/aromatic N) is 12. The molecule has 6 aliphatic heterocycles. The molecule has 3 aromatic rings. The van der Waals surface area contributed by atoms with Crippen molar-refractivity contribution >= 4 is 89.1 Å². The number of nitrogens with one attached hydrogen (secondary N) is 1. The van der Waals surface area contributed by atoms with Gasteiger partial charge in [-0.05, 0) is 143 Å². The highest BCUT2D eigenvalue weighted by molar-refractivity contribution is 6.13. The second-order valence-corrected chi connectivity index (χ2v) is 34.6. The summed E-state index contributed by atoms with van der Waals surface area (Å²) in [4.78, 5) is 203. The SMILES string of the molecule is CC(C)(C)OC(=O)CN1CCN(CC(=O)OC(C)(C)C)CCN(Cc2ccc(C(=O)O)cc2)CC1.CC(C)(C)OC(=O)CN1CCN(CC(=O)OC(C)(C)C)CCN(Cc2ccc(C(=O)ON3C(=O)CCC3=O)cc2)CC1.CCCN1C(=O)C=CC1=O.O=C(O)CN1CCN(CC(=O)O)CCN(Cc2ccc(C(=O)NCCN3C(=O)C=CC3=O)cc2)CC1. The Hall–Kier alpha value is -10.6. The number of carboxylic acid groups (broad SMARTS) is 3. The lowest BCUT2D eigenvalue weighted by Crippen LogP contribution is -2.42. The molecule has 0 aromatic heterocycles. The summed E-state index contributed by atoms with van der Waals surface area (Å²) in [5.41, 5.74) is 1.57. The number of carbonyl (C=O) groups is 15. The topological polar surface area (TPSA) is 414 Å². The average molecular weight is 1720 g/mol. The Bertz CT molecular complexity index is 4020. The Morgan fingerprint density at radius 1 is 0.341 bits per heavy atom. The molecule has 36 nitrogen and oxygen atoms in total. The van der Waals surface area contributed by atoms with Crippen molar-refractivity contribution in [1.82, 2.24) is 64.3 Å². The van der Waals surface area contributed by atoms with E-state index in [4.69, 9.17) is 28.9 Å². The lowest BCUT2D eigenvalue weighted by molar-refractivity contribution is -0.173. The predicted octanol–water partition coefficient (Wildman–Crippen LogP) is 3.75. The quantitative estimate of drug-likeness (QED) is 0.0479. The van der Waals surface area contributed by atoms with Gasteiger partial charge in [-0.1, -0.05) is 43.3 Å². The number of aliphatic carboxylic acids is 2. The smallest absolute Gasteiger partial charge is 0.363 e. The Kier molecular flexibility index (Phi) is 39.9. The number of esters is 4. The maximum absolute atomic E-state index is 12.6. The van der Waals surface area contributed by atoms with Crippen LogP contribution in [0.2, 0.25) is 0 Å². The zero-order valence-electron chi connectivity index (χ0n) is 73.4.